The minimum atomic E-state index is -3.74. The predicted molar refractivity (Wildman–Crippen MR) is 148 cm³/mol. The zero-order valence-corrected chi connectivity index (χ0v) is 23.2. The molecule has 0 radical (unpaired) electrons. The van der Waals surface area contributed by atoms with Crippen LogP contribution in [0.5, 0.6) is 5.75 Å². The number of carbonyl (C=O) groups is 2. The van der Waals surface area contributed by atoms with Crippen molar-refractivity contribution < 1.29 is 27.1 Å². The van der Waals surface area contributed by atoms with Gasteiger partial charge in [0.05, 0.1) is 19.9 Å². The van der Waals surface area contributed by atoms with E-state index in [4.69, 9.17) is 4.74 Å². The number of methoxy groups -OCH3 is 1. The molecule has 0 spiro atoms. The summed E-state index contributed by atoms with van der Waals surface area (Å²) in [6, 6.07) is 21.1. The lowest BCUT2D eigenvalue weighted by atomic mass is 10.1. The monoisotopic (exact) mass is 555 g/mol. The number of ether oxygens (including phenoxy) is 1. The summed E-state index contributed by atoms with van der Waals surface area (Å²) >= 11 is 0. The van der Waals surface area contributed by atoms with Crippen LogP contribution in [0.2, 0.25) is 0 Å². The molecule has 3 aromatic carbocycles. The molecule has 0 aliphatic rings. The van der Waals surface area contributed by atoms with Crippen LogP contribution < -0.4 is 10.1 Å². The second kappa shape index (κ2) is 13.9. The first kappa shape index (κ1) is 29.8. The number of nitrogens with one attached hydrogen (secondary N) is 1. The van der Waals surface area contributed by atoms with Gasteiger partial charge < -0.3 is 15.0 Å². The maximum atomic E-state index is 13.5. The summed E-state index contributed by atoms with van der Waals surface area (Å²) in [7, 11) is -2.15. The maximum absolute atomic E-state index is 13.5. The van der Waals surface area contributed by atoms with E-state index in [9.17, 15) is 22.4 Å². The second-order valence-electron chi connectivity index (χ2n) is 9.23. The van der Waals surface area contributed by atoms with E-state index in [1.165, 1.54) is 29.2 Å². The molecule has 0 bridgehead atoms. The number of rotatable bonds is 13. The van der Waals surface area contributed by atoms with Crippen molar-refractivity contribution >= 4 is 21.8 Å². The molecule has 8 nitrogen and oxygen atoms in total. The Kier molecular flexibility index (Phi) is 10.6. The summed E-state index contributed by atoms with van der Waals surface area (Å²) in [6.45, 7) is 1.51. The summed E-state index contributed by atoms with van der Waals surface area (Å²) in [6.07, 6.45) is 1.62. The Hall–Kier alpha value is -3.76. The molecular formula is C29H34FN3O5S. The number of hydrogen-bond acceptors (Lipinski definition) is 5. The highest BCUT2D eigenvalue weighted by molar-refractivity contribution is 7.88. The van der Waals surface area contributed by atoms with Crippen molar-refractivity contribution in [2.24, 2.45) is 0 Å². The topological polar surface area (TPSA) is 96.0 Å². The molecule has 0 aliphatic heterocycles. The first-order valence-corrected chi connectivity index (χ1v) is 14.3. The van der Waals surface area contributed by atoms with Crippen LogP contribution in [0, 0.1) is 5.82 Å². The van der Waals surface area contributed by atoms with E-state index in [0.29, 0.717) is 18.5 Å². The third kappa shape index (κ3) is 9.19. The minimum Gasteiger partial charge on any atom is -0.497 e. The molecule has 0 aliphatic carbocycles. The van der Waals surface area contributed by atoms with Crippen LogP contribution >= 0.6 is 0 Å². The van der Waals surface area contributed by atoms with Crippen LogP contribution in [-0.4, -0.2) is 61.9 Å². The van der Waals surface area contributed by atoms with Gasteiger partial charge in [0, 0.05) is 19.6 Å². The zero-order chi connectivity index (χ0) is 28.4. The number of amides is 2. The number of carbonyl (C=O) groups excluding carboxylic acids is 2. The van der Waals surface area contributed by atoms with Crippen molar-refractivity contribution in [3.63, 3.8) is 0 Å². The molecule has 1 atom stereocenters. The summed E-state index contributed by atoms with van der Waals surface area (Å²) in [5.41, 5.74) is 2.34. The first-order valence-electron chi connectivity index (χ1n) is 12.5. The van der Waals surface area contributed by atoms with Gasteiger partial charge in [-0.05, 0) is 54.3 Å². The van der Waals surface area contributed by atoms with Crippen molar-refractivity contribution in [2.75, 3.05) is 26.5 Å². The van der Waals surface area contributed by atoms with E-state index in [0.717, 1.165) is 27.4 Å². The van der Waals surface area contributed by atoms with Crippen LogP contribution in [-0.2, 0) is 39.1 Å². The van der Waals surface area contributed by atoms with E-state index in [1.807, 2.05) is 30.3 Å². The first-order chi connectivity index (χ1) is 18.6. The number of halogens is 1. The average molecular weight is 556 g/mol. The molecule has 0 fully saturated rings. The van der Waals surface area contributed by atoms with Gasteiger partial charge in [-0.25, -0.2) is 12.8 Å². The van der Waals surface area contributed by atoms with Gasteiger partial charge in [0.1, 0.15) is 17.6 Å². The molecule has 0 unspecified atom stereocenters. The van der Waals surface area contributed by atoms with Crippen LogP contribution in [0.3, 0.4) is 0 Å². The zero-order valence-electron chi connectivity index (χ0n) is 22.3. The van der Waals surface area contributed by atoms with Crippen LogP contribution in [0.25, 0.3) is 0 Å². The maximum Gasteiger partial charge on any atom is 0.242 e. The molecule has 2 amide bonds. The van der Waals surface area contributed by atoms with E-state index in [-0.39, 0.29) is 19.0 Å². The summed E-state index contributed by atoms with van der Waals surface area (Å²) < 4.78 is 44.8. The normalized spacial score (nSPS) is 12.1. The summed E-state index contributed by atoms with van der Waals surface area (Å²) in [5, 5.41) is 2.86. The molecular weight excluding hydrogens is 521 g/mol. The highest BCUT2D eigenvalue weighted by Gasteiger charge is 2.29. The Labute approximate surface area is 229 Å². The molecule has 0 saturated carbocycles. The van der Waals surface area contributed by atoms with Crippen molar-refractivity contribution in [1.29, 1.82) is 0 Å². The standard InChI is InChI=1S/C29H34FN3O5S/c1-22(29(35)31-18-17-23-11-15-27(38-2)16-12-23)33(20-25-9-13-26(30)14-10-25)28(34)21-32(39(3,36)37)19-24-7-5-4-6-8-24/h4-16,22H,17-21H2,1-3H3,(H,31,35)/t22-/m0/s1. The minimum absolute atomic E-state index is 0.00905. The Bertz CT molecular complexity index is 1330. The third-order valence-corrected chi connectivity index (χ3v) is 7.48. The highest BCUT2D eigenvalue weighted by Crippen LogP contribution is 2.15. The van der Waals surface area contributed by atoms with E-state index < -0.39 is 34.3 Å². The number of hydrogen-bond donors (Lipinski definition) is 1. The van der Waals surface area contributed by atoms with Crippen LogP contribution in [0.15, 0.2) is 78.9 Å². The van der Waals surface area contributed by atoms with Gasteiger partial charge in [-0.15, -0.1) is 0 Å². The van der Waals surface area contributed by atoms with E-state index in [2.05, 4.69) is 5.32 Å². The number of benzene rings is 3. The van der Waals surface area contributed by atoms with Gasteiger partial charge in [-0.1, -0.05) is 54.6 Å². The molecule has 1 N–H and O–H groups in total. The van der Waals surface area contributed by atoms with Crippen molar-refractivity contribution in [3.05, 3.63) is 101 Å². The van der Waals surface area contributed by atoms with Crippen LogP contribution in [0.1, 0.15) is 23.6 Å². The fourth-order valence-electron chi connectivity index (χ4n) is 3.96. The van der Waals surface area contributed by atoms with Gasteiger partial charge in [0.15, 0.2) is 0 Å². The molecule has 39 heavy (non-hydrogen) atoms. The Morgan fingerprint density at radius 2 is 1.49 bits per heavy atom. The summed E-state index contributed by atoms with van der Waals surface area (Å²) in [5.74, 6) is -0.611. The molecule has 0 aromatic heterocycles. The van der Waals surface area contributed by atoms with E-state index >= 15 is 0 Å². The van der Waals surface area contributed by atoms with Gasteiger partial charge in [0.25, 0.3) is 0 Å². The second-order valence-corrected chi connectivity index (χ2v) is 11.2. The van der Waals surface area contributed by atoms with Crippen molar-refractivity contribution in [1.82, 2.24) is 14.5 Å². The molecule has 0 heterocycles. The van der Waals surface area contributed by atoms with Gasteiger partial charge in [0.2, 0.25) is 21.8 Å². The fraction of sp³-hybridized carbons (Fsp3) is 0.310. The smallest absolute Gasteiger partial charge is 0.242 e. The van der Waals surface area contributed by atoms with Crippen LogP contribution in [0.4, 0.5) is 4.39 Å². The number of sulfonamides is 1. The fourth-order valence-corrected chi connectivity index (χ4v) is 4.69. The Balaban J connectivity index is 1.74. The lowest BCUT2D eigenvalue weighted by Gasteiger charge is -2.31. The largest absolute Gasteiger partial charge is 0.497 e. The molecule has 208 valence electrons. The SMILES string of the molecule is COc1ccc(CCNC(=O)[C@H](C)N(Cc2ccc(F)cc2)C(=O)CN(Cc2ccccc2)S(C)(=O)=O)cc1. The van der Waals surface area contributed by atoms with Gasteiger partial charge in [-0.2, -0.15) is 4.31 Å². The lowest BCUT2D eigenvalue weighted by molar-refractivity contribution is -0.140. The predicted octanol–water partition coefficient (Wildman–Crippen LogP) is 3.37. The van der Waals surface area contributed by atoms with Gasteiger partial charge in [-0.3, -0.25) is 9.59 Å². The van der Waals surface area contributed by atoms with E-state index in [1.54, 1.807) is 38.3 Å². The Morgan fingerprint density at radius 3 is 2.08 bits per heavy atom. The molecule has 3 rings (SSSR count). The third-order valence-electron chi connectivity index (χ3n) is 6.29. The summed E-state index contributed by atoms with van der Waals surface area (Å²) in [4.78, 5) is 27.9. The van der Waals surface area contributed by atoms with Gasteiger partial charge >= 0.3 is 0 Å². The Morgan fingerprint density at radius 1 is 0.897 bits per heavy atom. The molecule has 3 aromatic rings. The molecule has 0 saturated heterocycles. The molecule has 10 heteroatoms. The van der Waals surface area contributed by atoms with Crippen molar-refractivity contribution in [3.8, 4) is 5.75 Å². The number of nitrogens with zero attached hydrogens (tertiary/aromatic N) is 2. The lowest BCUT2D eigenvalue weighted by Crippen LogP contribution is -2.51. The quantitative estimate of drug-likeness (QED) is 0.349. The average Bonchev–Trinajstić information content (AvgIpc) is 2.92. The van der Waals surface area contributed by atoms with Crippen molar-refractivity contribution in [2.45, 2.75) is 32.5 Å². The highest BCUT2D eigenvalue weighted by atomic mass is 32.2.